The summed E-state index contributed by atoms with van der Waals surface area (Å²) in [4.78, 5) is 23.5. The van der Waals surface area contributed by atoms with Crippen LogP contribution in [0.25, 0.3) is 0 Å². The normalized spacial score (nSPS) is 22.2. The number of phosphoric acid groups is 1. The summed E-state index contributed by atoms with van der Waals surface area (Å²) in [7, 11) is -5.08. The lowest BCUT2D eigenvalue weighted by Crippen LogP contribution is -2.64. The van der Waals surface area contributed by atoms with E-state index in [0.717, 1.165) is 44.9 Å². The van der Waals surface area contributed by atoms with E-state index in [1.165, 1.54) is 180 Å². The fourth-order valence-electron chi connectivity index (χ4n) is 8.73. The van der Waals surface area contributed by atoms with Gasteiger partial charge in [0, 0.05) is 6.42 Å². The SMILES string of the molecule is CCCCCCCCCCCCCC/C=C/[C@@H](O)[C@H](COP(=O)(O)OC1C(O)C(O)C(O)[C@@H](O)C1O)NC(=O)CCCCCCCCCCCCCCCCCCCCCCCCC. The van der Waals surface area contributed by atoms with Gasteiger partial charge in [0.05, 0.1) is 18.8 Å². The van der Waals surface area contributed by atoms with E-state index in [4.69, 9.17) is 9.05 Å². The number of hydrogen-bond acceptors (Lipinski definition) is 10. The van der Waals surface area contributed by atoms with E-state index in [9.17, 15) is 44.9 Å². The molecule has 64 heavy (non-hydrogen) atoms. The molecule has 1 aliphatic carbocycles. The third-order valence-electron chi connectivity index (χ3n) is 13.1. The van der Waals surface area contributed by atoms with Gasteiger partial charge in [-0.2, -0.15) is 0 Å². The molecule has 12 nitrogen and oxygen atoms in total. The van der Waals surface area contributed by atoms with Crippen molar-refractivity contribution in [1.82, 2.24) is 5.32 Å². The summed E-state index contributed by atoms with van der Waals surface area (Å²) in [5.41, 5.74) is 0. The monoisotopic (exact) mass is 934 g/mol. The molecule has 1 aliphatic rings. The summed E-state index contributed by atoms with van der Waals surface area (Å²) in [6.45, 7) is 3.87. The smallest absolute Gasteiger partial charge is 0.387 e. The first kappa shape index (κ1) is 61.1. The van der Waals surface area contributed by atoms with Crippen LogP contribution in [0.4, 0.5) is 0 Å². The second-order valence-electron chi connectivity index (χ2n) is 19.1. The Labute approximate surface area is 390 Å². The zero-order valence-corrected chi connectivity index (χ0v) is 41.7. The van der Waals surface area contributed by atoms with E-state index in [1.807, 2.05) is 6.08 Å². The molecule has 0 heterocycles. The van der Waals surface area contributed by atoms with Crippen molar-refractivity contribution in [3.8, 4) is 0 Å². The van der Waals surface area contributed by atoms with Gasteiger partial charge in [0.25, 0.3) is 0 Å². The van der Waals surface area contributed by atoms with Crippen LogP contribution >= 0.6 is 7.82 Å². The third kappa shape index (κ3) is 31.9. The highest BCUT2D eigenvalue weighted by Gasteiger charge is 2.51. The number of carbonyl (C=O) groups excluding carboxylic acids is 1. The van der Waals surface area contributed by atoms with E-state index < -0.39 is 63.2 Å². The van der Waals surface area contributed by atoms with Crippen LogP contribution in [-0.2, 0) is 18.4 Å². The number of phosphoric ester groups is 1. The maximum Gasteiger partial charge on any atom is 0.472 e. The molecule has 1 saturated carbocycles. The Morgan fingerprint density at radius 1 is 0.516 bits per heavy atom. The van der Waals surface area contributed by atoms with Gasteiger partial charge in [-0.1, -0.05) is 238 Å². The maximum absolute atomic E-state index is 13.0. The van der Waals surface area contributed by atoms with Gasteiger partial charge < -0.3 is 40.8 Å². The van der Waals surface area contributed by atoms with Gasteiger partial charge in [-0.3, -0.25) is 13.8 Å². The van der Waals surface area contributed by atoms with Crippen molar-refractivity contribution in [2.45, 2.75) is 300 Å². The topological polar surface area (TPSA) is 206 Å². The number of hydrogen-bond donors (Lipinski definition) is 8. The highest BCUT2D eigenvalue weighted by Crippen LogP contribution is 2.47. The number of amides is 1. The van der Waals surface area contributed by atoms with Crippen LogP contribution in [0.15, 0.2) is 12.2 Å². The molecule has 1 fully saturated rings. The van der Waals surface area contributed by atoms with Gasteiger partial charge in [-0.05, 0) is 19.3 Å². The van der Waals surface area contributed by atoms with E-state index in [2.05, 4.69) is 19.2 Å². The Kier molecular flexibility index (Phi) is 39.2. The van der Waals surface area contributed by atoms with Crippen molar-refractivity contribution in [2.24, 2.45) is 0 Å². The predicted octanol–water partition coefficient (Wildman–Crippen LogP) is 11.2. The minimum atomic E-state index is -5.08. The summed E-state index contributed by atoms with van der Waals surface area (Å²) in [6, 6.07) is -1.11. The summed E-state index contributed by atoms with van der Waals surface area (Å²) < 4.78 is 23.0. The summed E-state index contributed by atoms with van der Waals surface area (Å²) in [5.74, 6) is -0.336. The molecule has 0 aromatic rings. The van der Waals surface area contributed by atoms with Crippen molar-refractivity contribution in [3.05, 3.63) is 12.2 Å². The standard InChI is InChI=1S/C51H100NO11P/c1-3-5-7-9-11-13-15-17-19-20-21-22-23-24-25-26-27-29-31-33-35-37-39-41-45(54)52-43(42-62-64(60,61)63-51-49(58)47(56)46(55)48(57)50(51)59)44(53)40-38-36-34-32-30-28-18-16-14-12-10-8-6-4-2/h38,40,43-44,46-51,53,55-59H,3-37,39,41-42H2,1-2H3,(H,52,54)(H,60,61)/b40-38+/t43-,44+,46?,47+,48?,49?,50?,51?/m0/s1. The predicted molar refractivity (Wildman–Crippen MR) is 260 cm³/mol. The van der Waals surface area contributed by atoms with Crippen molar-refractivity contribution in [1.29, 1.82) is 0 Å². The van der Waals surface area contributed by atoms with Gasteiger partial charge in [-0.25, -0.2) is 4.57 Å². The molecule has 6 unspecified atom stereocenters. The summed E-state index contributed by atoms with van der Waals surface area (Å²) in [6.07, 6.45) is 35.7. The first-order chi connectivity index (χ1) is 30.9. The Balaban J connectivity index is 2.36. The fourth-order valence-corrected chi connectivity index (χ4v) is 9.70. The van der Waals surface area contributed by atoms with Gasteiger partial charge >= 0.3 is 7.82 Å². The van der Waals surface area contributed by atoms with Crippen molar-refractivity contribution in [2.75, 3.05) is 6.61 Å². The lowest BCUT2D eigenvalue weighted by Gasteiger charge is -2.41. The quantitative estimate of drug-likeness (QED) is 0.0164. The van der Waals surface area contributed by atoms with Crippen LogP contribution in [0.1, 0.15) is 251 Å². The van der Waals surface area contributed by atoms with Crippen molar-refractivity contribution < 1.29 is 53.9 Å². The zero-order chi connectivity index (χ0) is 47.1. The second-order valence-corrected chi connectivity index (χ2v) is 20.5. The molecule has 9 atom stereocenters. The minimum absolute atomic E-state index is 0.219. The first-order valence-electron chi connectivity index (χ1n) is 26.6. The van der Waals surface area contributed by atoms with Gasteiger partial charge in [0.1, 0.15) is 36.6 Å². The molecule has 0 radical (unpaired) electrons. The molecule has 0 aromatic heterocycles. The largest absolute Gasteiger partial charge is 0.472 e. The van der Waals surface area contributed by atoms with Crippen LogP contribution < -0.4 is 5.32 Å². The van der Waals surface area contributed by atoms with Gasteiger partial charge in [0.15, 0.2) is 0 Å². The first-order valence-corrected chi connectivity index (χ1v) is 28.1. The number of aliphatic hydroxyl groups is 6. The Morgan fingerprint density at radius 2 is 0.828 bits per heavy atom. The molecule has 380 valence electrons. The van der Waals surface area contributed by atoms with Gasteiger partial charge in [0.2, 0.25) is 5.91 Å². The number of allylic oxidation sites excluding steroid dienone is 1. The molecule has 0 aliphatic heterocycles. The minimum Gasteiger partial charge on any atom is -0.387 e. The molecule has 1 amide bonds. The van der Waals surface area contributed by atoms with Crippen LogP contribution in [-0.4, -0.2) is 96.8 Å². The van der Waals surface area contributed by atoms with E-state index in [-0.39, 0.29) is 12.3 Å². The van der Waals surface area contributed by atoms with Crippen LogP contribution in [0.2, 0.25) is 0 Å². The van der Waals surface area contributed by atoms with Crippen LogP contribution in [0.3, 0.4) is 0 Å². The van der Waals surface area contributed by atoms with E-state index in [1.54, 1.807) is 6.08 Å². The summed E-state index contributed by atoms with van der Waals surface area (Å²) >= 11 is 0. The highest BCUT2D eigenvalue weighted by atomic mass is 31.2. The third-order valence-corrected chi connectivity index (χ3v) is 14.1. The number of aliphatic hydroxyl groups excluding tert-OH is 6. The lowest BCUT2D eigenvalue weighted by atomic mass is 9.85. The zero-order valence-electron chi connectivity index (χ0n) is 40.9. The molecule has 8 N–H and O–H groups in total. The van der Waals surface area contributed by atoms with E-state index >= 15 is 0 Å². The lowest BCUT2D eigenvalue weighted by molar-refractivity contribution is -0.220. The summed E-state index contributed by atoms with van der Waals surface area (Å²) in [5, 5.41) is 64.1. The van der Waals surface area contributed by atoms with Gasteiger partial charge in [-0.15, -0.1) is 0 Å². The molecule has 0 saturated heterocycles. The molecule has 0 bridgehead atoms. The average Bonchev–Trinajstić information content (AvgIpc) is 3.28. The Hall–Kier alpha value is -0.920. The van der Waals surface area contributed by atoms with Crippen molar-refractivity contribution in [3.63, 3.8) is 0 Å². The maximum atomic E-state index is 13.0. The highest BCUT2D eigenvalue weighted by molar-refractivity contribution is 7.47. The molecular formula is C51H100NO11P. The number of nitrogens with one attached hydrogen (secondary N) is 1. The number of rotatable bonds is 45. The van der Waals surface area contributed by atoms with Crippen molar-refractivity contribution >= 4 is 13.7 Å². The Bertz CT molecular complexity index is 1130. The molecule has 0 spiro atoms. The fraction of sp³-hybridized carbons (Fsp3) is 0.941. The molecule has 13 heteroatoms. The molecular weight excluding hydrogens is 834 g/mol. The second kappa shape index (κ2) is 41.1. The van der Waals surface area contributed by atoms with Crippen LogP contribution in [0.5, 0.6) is 0 Å². The van der Waals surface area contributed by atoms with E-state index in [0.29, 0.717) is 6.42 Å². The van der Waals surface area contributed by atoms with Crippen LogP contribution in [0, 0.1) is 0 Å². The molecule has 0 aromatic carbocycles. The number of unbranched alkanes of at least 4 members (excludes halogenated alkanes) is 34. The average molecular weight is 934 g/mol. The Morgan fingerprint density at radius 3 is 1.19 bits per heavy atom. The molecule has 1 rings (SSSR count). The number of carbonyl (C=O) groups is 1.